The van der Waals surface area contributed by atoms with Crippen molar-refractivity contribution in [3.05, 3.63) is 0 Å². The van der Waals surface area contributed by atoms with Crippen molar-refractivity contribution >= 4 is 17.5 Å². The highest BCUT2D eigenvalue weighted by molar-refractivity contribution is 7.99. The van der Waals surface area contributed by atoms with Crippen LogP contribution in [0.3, 0.4) is 0 Å². The van der Waals surface area contributed by atoms with Gasteiger partial charge in [-0.1, -0.05) is 13.8 Å². The normalized spacial score (nSPS) is 29.7. The largest absolute Gasteiger partial charge is 0.300 e. The Labute approximate surface area is 79.3 Å². The van der Waals surface area contributed by atoms with Gasteiger partial charge in [0.15, 0.2) is 0 Å². The Morgan fingerprint density at radius 1 is 1.58 bits per heavy atom. The molecule has 1 rings (SSSR count). The molecule has 12 heavy (non-hydrogen) atoms. The lowest BCUT2D eigenvalue weighted by Crippen LogP contribution is -2.12. The number of hydrogen-bond acceptors (Lipinski definition) is 2. The number of thioether (sulfide) groups is 1. The van der Waals surface area contributed by atoms with Crippen LogP contribution in [0, 0.1) is 5.41 Å². The van der Waals surface area contributed by atoms with Gasteiger partial charge in [0.05, 0.1) is 0 Å². The number of carbonyl (C=O) groups is 1. The van der Waals surface area contributed by atoms with Gasteiger partial charge in [-0.15, -0.1) is 0 Å². The minimum Gasteiger partial charge on any atom is -0.300 e. The number of hydrogen-bond donors (Lipinski definition) is 0. The summed E-state index contributed by atoms with van der Waals surface area (Å²) in [6.45, 7) is 4.45. The topological polar surface area (TPSA) is 17.1 Å². The van der Waals surface area contributed by atoms with Crippen LogP contribution in [0.25, 0.3) is 0 Å². The Balaban J connectivity index is 2.25. The van der Waals surface area contributed by atoms with Crippen LogP contribution >= 0.6 is 11.8 Å². The summed E-state index contributed by atoms with van der Waals surface area (Å²) in [6, 6.07) is 0. The number of carbonyl (C=O) groups excluding carboxylic acids is 1. The molecule has 0 aromatic heterocycles. The molecule has 0 aromatic carbocycles. The number of Topliss-reactive ketones (excluding diaryl/α,β-unsaturated/α-hetero) is 1. The van der Waals surface area contributed by atoms with Crippen LogP contribution in [0.15, 0.2) is 0 Å². The molecule has 0 saturated heterocycles. The van der Waals surface area contributed by atoms with Gasteiger partial charge in [0.1, 0.15) is 5.78 Å². The first-order valence-corrected chi connectivity index (χ1v) is 5.91. The second-order valence-electron chi connectivity index (χ2n) is 3.97. The standard InChI is InChI=1S/C10H18OS/c1-3-12-7-6-10(2)5-4-9(11)8-10/h3-8H2,1-2H3. The SMILES string of the molecule is CCSCCC1(C)CCC(=O)C1. The fourth-order valence-electron chi connectivity index (χ4n) is 1.77. The average Bonchev–Trinajstić information content (AvgIpc) is 2.32. The van der Waals surface area contributed by atoms with Crippen LogP contribution in [-0.4, -0.2) is 17.3 Å². The molecule has 1 fully saturated rings. The number of ketones is 1. The van der Waals surface area contributed by atoms with Gasteiger partial charge in [-0.25, -0.2) is 0 Å². The third-order valence-corrected chi connectivity index (χ3v) is 3.59. The van der Waals surface area contributed by atoms with E-state index in [1.807, 2.05) is 11.8 Å². The zero-order chi connectivity index (χ0) is 9.03. The molecule has 2 heteroatoms. The van der Waals surface area contributed by atoms with E-state index in [1.54, 1.807) is 0 Å². The molecule has 1 saturated carbocycles. The molecule has 0 spiro atoms. The molecule has 1 aliphatic rings. The first-order valence-electron chi connectivity index (χ1n) is 4.76. The van der Waals surface area contributed by atoms with E-state index < -0.39 is 0 Å². The monoisotopic (exact) mass is 186 g/mol. The van der Waals surface area contributed by atoms with Crippen molar-refractivity contribution in [2.45, 2.75) is 39.5 Å². The molecule has 0 radical (unpaired) electrons. The first-order chi connectivity index (χ1) is 5.66. The van der Waals surface area contributed by atoms with Crippen molar-refractivity contribution in [2.24, 2.45) is 5.41 Å². The van der Waals surface area contributed by atoms with Gasteiger partial charge in [-0.05, 0) is 29.8 Å². The van der Waals surface area contributed by atoms with Crippen molar-refractivity contribution in [3.63, 3.8) is 0 Å². The van der Waals surface area contributed by atoms with E-state index in [0.29, 0.717) is 11.2 Å². The molecule has 1 nitrogen and oxygen atoms in total. The summed E-state index contributed by atoms with van der Waals surface area (Å²) in [7, 11) is 0. The van der Waals surface area contributed by atoms with Gasteiger partial charge < -0.3 is 0 Å². The summed E-state index contributed by atoms with van der Waals surface area (Å²) in [5.74, 6) is 2.89. The molecule has 0 bridgehead atoms. The second kappa shape index (κ2) is 4.31. The Bertz CT molecular complexity index is 167. The van der Waals surface area contributed by atoms with Crippen LogP contribution in [0.2, 0.25) is 0 Å². The molecule has 70 valence electrons. The summed E-state index contributed by atoms with van der Waals surface area (Å²) < 4.78 is 0. The Hall–Kier alpha value is 0.0200. The van der Waals surface area contributed by atoms with Gasteiger partial charge in [-0.2, -0.15) is 11.8 Å². The van der Waals surface area contributed by atoms with Gasteiger partial charge in [0, 0.05) is 12.8 Å². The van der Waals surface area contributed by atoms with E-state index >= 15 is 0 Å². The van der Waals surface area contributed by atoms with E-state index in [4.69, 9.17) is 0 Å². The van der Waals surface area contributed by atoms with E-state index in [9.17, 15) is 4.79 Å². The van der Waals surface area contributed by atoms with Crippen LogP contribution < -0.4 is 0 Å². The highest BCUT2D eigenvalue weighted by atomic mass is 32.2. The minimum atomic E-state index is 0.346. The Kier molecular flexibility index (Phi) is 3.63. The highest BCUT2D eigenvalue weighted by Gasteiger charge is 2.32. The molecule has 0 N–H and O–H groups in total. The first kappa shape index (κ1) is 10.1. The predicted molar refractivity (Wildman–Crippen MR) is 54.6 cm³/mol. The number of rotatable bonds is 4. The molecule has 0 aliphatic heterocycles. The summed E-state index contributed by atoms with van der Waals surface area (Å²) in [5.41, 5.74) is 0.346. The lowest BCUT2D eigenvalue weighted by molar-refractivity contribution is -0.117. The second-order valence-corrected chi connectivity index (χ2v) is 5.37. The predicted octanol–water partition coefficient (Wildman–Crippen LogP) is 2.89. The fourth-order valence-corrected chi connectivity index (χ4v) is 2.70. The summed E-state index contributed by atoms with van der Waals surface area (Å²) in [6.07, 6.45) is 4.00. The maximum absolute atomic E-state index is 11.1. The lowest BCUT2D eigenvalue weighted by Gasteiger charge is -2.21. The van der Waals surface area contributed by atoms with E-state index in [1.165, 1.54) is 17.9 Å². The third-order valence-electron chi connectivity index (χ3n) is 2.69. The Morgan fingerprint density at radius 3 is 2.83 bits per heavy atom. The Morgan fingerprint density at radius 2 is 2.33 bits per heavy atom. The summed E-state index contributed by atoms with van der Waals surface area (Å²) >= 11 is 1.98. The maximum Gasteiger partial charge on any atom is 0.133 e. The van der Waals surface area contributed by atoms with Gasteiger partial charge in [-0.3, -0.25) is 4.79 Å². The van der Waals surface area contributed by atoms with Crippen molar-refractivity contribution in [1.82, 2.24) is 0 Å². The zero-order valence-corrected chi connectivity index (χ0v) is 8.88. The fraction of sp³-hybridized carbons (Fsp3) is 0.900. The lowest BCUT2D eigenvalue weighted by atomic mass is 9.86. The van der Waals surface area contributed by atoms with Crippen LogP contribution in [-0.2, 0) is 4.79 Å². The molecular weight excluding hydrogens is 168 g/mol. The highest BCUT2D eigenvalue weighted by Crippen LogP contribution is 2.39. The van der Waals surface area contributed by atoms with Gasteiger partial charge in [0.2, 0.25) is 0 Å². The third kappa shape index (κ3) is 2.81. The van der Waals surface area contributed by atoms with E-state index in [0.717, 1.165) is 19.3 Å². The molecule has 1 unspecified atom stereocenters. The minimum absolute atomic E-state index is 0.346. The molecule has 0 amide bonds. The zero-order valence-electron chi connectivity index (χ0n) is 8.06. The van der Waals surface area contributed by atoms with Crippen molar-refractivity contribution in [1.29, 1.82) is 0 Å². The van der Waals surface area contributed by atoms with Crippen molar-refractivity contribution in [2.75, 3.05) is 11.5 Å². The van der Waals surface area contributed by atoms with Crippen molar-refractivity contribution < 1.29 is 4.79 Å². The van der Waals surface area contributed by atoms with Crippen LogP contribution in [0.5, 0.6) is 0 Å². The summed E-state index contributed by atoms with van der Waals surface area (Å²) in [4.78, 5) is 11.1. The van der Waals surface area contributed by atoms with Crippen LogP contribution in [0.4, 0.5) is 0 Å². The molecule has 1 aliphatic carbocycles. The molecule has 1 atom stereocenters. The van der Waals surface area contributed by atoms with Crippen LogP contribution in [0.1, 0.15) is 39.5 Å². The molecular formula is C10H18OS. The van der Waals surface area contributed by atoms with Crippen molar-refractivity contribution in [3.8, 4) is 0 Å². The van der Waals surface area contributed by atoms with E-state index in [2.05, 4.69) is 13.8 Å². The molecule has 0 aromatic rings. The maximum atomic E-state index is 11.1. The smallest absolute Gasteiger partial charge is 0.133 e. The average molecular weight is 186 g/mol. The van der Waals surface area contributed by atoms with Gasteiger partial charge >= 0.3 is 0 Å². The quantitative estimate of drug-likeness (QED) is 0.628. The summed E-state index contributed by atoms with van der Waals surface area (Å²) in [5, 5.41) is 0. The van der Waals surface area contributed by atoms with Gasteiger partial charge in [0.25, 0.3) is 0 Å². The molecule has 0 heterocycles. The van der Waals surface area contributed by atoms with E-state index in [-0.39, 0.29) is 0 Å².